The number of para-hydroxylation sites is 1. The van der Waals surface area contributed by atoms with Crippen molar-refractivity contribution in [1.29, 1.82) is 0 Å². The molecule has 0 fully saturated rings. The van der Waals surface area contributed by atoms with Crippen LogP contribution in [0.2, 0.25) is 0 Å². The van der Waals surface area contributed by atoms with Gasteiger partial charge in [0, 0.05) is 12.8 Å². The zero-order chi connectivity index (χ0) is 12.0. The van der Waals surface area contributed by atoms with Crippen molar-refractivity contribution in [3.63, 3.8) is 0 Å². The molecule has 1 atom stereocenters. The van der Waals surface area contributed by atoms with Crippen LogP contribution in [0.5, 0.6) is 5.75 Å². The molecule has 1 aliphatic rings. The first-order chi connectivity index (χ1) is 7.63. The van der Waals surface area contributed by atoms with Gasteiger partial charge in [0.25, 0.3) is 0 Å². The molecule has 2 rings (SSSR count). The van der Waals surface area contributed by atoms with E-state index in [0.717, 1.165) is 12.2 Å². The van der Waals surface area contributed by atoms with Gasteiger partial charge in [-0.3, -0.25) is 4.79 Å². The van der Waals surface area contributed by atoms with E-state index in [0.29, 0.717) is 6.42 Å². The fourth-order valence-corrected chi connectivity index (χ4v) is 1.31. The molecule has 0 aliphatic carbocycles. The SMILES string of the molecule is CCC(=O)O.OC1CCc2ccccc2O1. The Labute approximate surface area is 94.5 Å². The summed E-state index contributed by atoms with van der Waals surface area (Å²) >= 11 is 0. The monoisotopic (exact) mass is 224 g/mol. The Morgan fingerprint density at radius 2 is 2.12 bits per heavy atom. The van der Waals surface area contributed by atoms with Gasteiger partial charge in [0.05, 0.1) is 0 Å². The second kappa shape index (κ2) is 6.12. The fraction of sp³-hybridized carbons (Fsp3) is 0.417. The third-order valence-corrected chi connectivity index (χ3v) is 2.20. The number of aryl methyl sites for hydroxylation is 1. The predicted molar refractivity (Wildman–Crippen MR) is 59.3 cm³/mol. The Morgan fingerprint density at radius 3 is 2.75 bits per heavy atom. The van der Waals surface area contributed by atoms with Gasteiger partial charge < -0.3 is 14.9 Å². The van der Waals surface area contributed by atoms with Crippen LogP contribution >= 0.6 is 0 Å². The number of carbonyl (C=O) groups is 1. The van der Waals surface area contributed by atoms with E-state index in [1.165, 1.54) is 5.56 Å². The summed E-state index contributed by atoms with van der Waals surface area (Å²) in [4.78, 5) is 9.37. The third kappa shape index (κ3) is 3.90. The molecule has 2 N–H and O–H groups in total. The lowest BCUT2D eigenvalue weighted by molar-refractivity contribution is -0.136. The summed E-state index contributed by atoms with van der Waals surface area (Å²) in [6.07, 6.45) is 1.24. The van der Waals surface area contributed by atoms with E-state index < -0.39 is 12.3 Å². The first-order valence-corrected chi connectivity index (χ1v) is 5.28. The highest BCUT2D eigenvalue weighted by atomic mass is 16.6. The van der Waals surface area contributed by atoms with Crippen molar-refractivity contribution in [3.8, 4) is 5.75 Å². The first-order valence-electron chi connectivity index (χ1n) is 5.28. The van der Waals surface area contributed by atoms with Gasteiger partial charge in [-0.05, 0) is 18.1 Å². The molecule has 4 nitrogen and oxygen atoms in total. The average Bonchev–Trinajstić information content (AvgIpc) is 2.29. The van der Waals surface area contributed by atoms with Crippen molar-refractivity contribution in [1.82, 2.24) is 0 Å². The standard InChI is InChI=1S/C9H10O2.C3H6O2/c10-9-6-5-7-3-1-2-4-8(7)11-9;1-2-3(4)5/h1-4,9-10H,5-6H2;2H2,1H3,(H,4,5). The topological polar surface area (TPSA) is 66.8 Å². The van der Waals surface area contributed by atoms with Gasteiger partial charge in [-0.15, -0.1) is 0 Å². The van der Waals surface area contributed by atoms with Crippen molar-refractivity contribution in [2.24, 2.45) is 0 Å². The van der Waals surface area contributed by atoms with Gasteiger partial charge in [0.15, 0.2) is 6.29 Å². The van der Waals surface area contributed by atoms with Crippen molar-refractivity contribution in [2.45, 2.75) is 32.5 Å². The highest BCUT2D eigenvalue weighted by Gasteiger charge is 2.15. The van der Waals surface area contributed by atoms with Crippen LogP contribution in [-0.2, 0) is 11.2 Å². The maximum atomic E-state index is 9.37. The van der Waals surface area contributed by atoms with Crippen LogP contribution in [0.15, 0.2) is 24.3 Å². The first kappa shape index (κ1) is 12.5. The Balaban J connectivity index is 0.000000221. The number of hydrogen-bond acceptors (Lipinski definition) is 3. The molecule has 4 heteroatoms. The van der Waals surface area contributed by atoms with E-state index >= 15 is 0 Å². The zero-order valence-corrected chi connectivity index (χ0v) is 9.22. The van der Waals surface area contributed by atoms with E-state index in [9.17, 15) is 4.79 Å². The van der Waals surface area contributed by atoms with Crippen LogP contribution in [0.4, 0.5) is 0 Å². The van der Waals surface area contributed by atoms with Gasteiger partial charge in [-0.1, -0.05) is 25.1 Å². The molecule has 1 heterocycles. The summed E-state index contributed by atoms with van der Waals surface area (Å²) in [5.41, 5.74) is 1.19. The van der Waals surface area contributed by atoms with Crippen LogP contribution in [0.25, 0.3) is 0 Å². The minimum atomic E-state index is -0.745. The minimum Gasteiger partial charge on any atom is -0.481 e. The van der Waals surface area contributed by atoms with Crippen LogP contribution in [0, 0.1) is 0 Å². The van der Waals surface area contributed by atoms with Crippen molar-refractivity contribution >= 4 is 5.97 Å². The molecular formula is C12H16O4. The number of ether oxygens (including phenoxy) is 1. The molecule has 1 aromatic rings. The third-order valence-electron chi connectivity index (χ3n) is 2.20. The summed E-state index contributed by atoms with van der Waals surface area (Å²) in [5.74, 6) is 0.0799. The number of aliphatic hydroxyl groups is 1. The Hall–Kier alpha value is -1.55. The fourth-order valence-electron chi connectivity index (χ4n) is 1.31. The summed E-state index contributed by atoms with van der Waals surface area (Å²) in [6.45, 7) is 1.60. The quantitative estimate of drug-likeness (QED) is 0.763. The second-order valence-corrected chi connectivity index (χ2v) is 3.47. The number of fused-ring (bicyclic) bond motifs is 1. The van der Waals surface area contributed by atoms with Crippen LogP contribution in [-0.4, -0.2) is 22.5 Å². The molecule has 1 aliphatic heterocycles. The predicted octanol–water partition coefficient (Wildman–Crippen LogP) is 1.81. The molecule has 1 unspecified atom stereocenters. The molecule has 0 spiro atoms. The van der Waals surface area contributed by atoms with Gasteiger partial charge in [0.1, 0.15) is 5.75 Å². The Bertz CT molecular complexity index is 349. The average molecular weight is 224 g/mol. The lowest BCUT2D eigenvalue weighted by Crippen LogP contribution is -2.21. The van der Waals surface area contributed by atoms with Gasteiger partial charge in [0.2, 0.25) is 0 Å². The summed E-state index contributed by atoms with van der Waals surface area (Å²) in [6, 6.07) is 7.82. The van der Waals surface area contributed by atoms with E-state index in [1.54, 1.807) is 6.92 Å². The number of carboxylic acid groups (broad SMARTS) is 1. The lowest BCUT2D eigenvalue weighted by Gasteiger charge is -2.21. The molecule has 16 heavy (non-hydrogen) atoms. The number of rotatable bonds is 1. The molecule has 0 aromatic heterocycles. The van der Waals surface area contributed by atoms with Gasteiger partial charge in [-0.25, -0.2) is 0 Å². The maximum Gasteiger partial charge on any atom is 0.303 e. The van der Waals surface area contributed by atoms with Gasteiger partial charge >= 0.3 is 5.97 Å². The molecule has 0 bridgehead atoms. The maximum absolute atomic E-state index is 9.37. The van der Waals surface area contributed by atoms with Crippen molar-refractivity contribution in [2.75, 3.05) is 0 Å². The van der Waals surface area contributed by atoms with E-state index in [2.05, 4.69) is 0 Å². The number of hydrogen-bond donors (Lipinski definition) is 2. The normalized spacial score (nSPS) is 17.5. The van der Waals surface area contributed by atoms with E-state index in [-0.39, 0.29) is 6.42 Å². The van der Waals surface area contributed by atoms with Crippen molar-refractivity contribution in [3.05, 3.63) is 29.8 Å². The van der Waals surface area contributed by atoms with E-state index in [1.807, 2.05) is 24.3 Å². The molecule has 0 saturated heterocycles. The molecule has 0 radical (unpaired) electrons. The number of carboxylic acids is 1. The highest BCUT2D eigenvalue weighted by molar-refractivity contribution is 5.66. The molecule has 88 valence electrons. The summed E-state index contributed by atoms with van der Waals surface area (Å²) in [7, 11) is 0. The Kier molecular flexibility index (Phi) is 4.79. The second-order valence-electron chi connectivity index (χ2n) is 3.47. The summed E-state index contributed by atoms with van der Waals surface area (Å²) < 4.78 is 5.19. The number of benzene rings is 1. The number of aliphatic hydroxyl groups excluding tert-OH is 1. The van der Waals surface area contributed by atoms with Gasteiger partial charge in [-0.2, -0.15) is 0 Å². The molecule has 0 amide bonds. The Morgan fingerprint density at radius 1 is 1.50 bits per heavy atom. The molecule has 1 aromatic carbocycles. The smallest absolute Gasteiger partial charge is 0.303 e. The lowest BCUT2D eigenvalue weighted by atomic mass is 10.1. The van der Waals surface area contributed by atoms with Crippen LogP contribution < -0.4 is 4.74 Å². The zero-order valence-electron chi connectivity index (χ0n) is 9.22. The van der Waals surface area contributed by atoms with Crippen molar-refractivity contribution < 1.29 is 19.7 Å². The minimum absolute atomic E-state index is 0.222. The molecule has 0 saturated carbocycles. The van der Waals surface area contributed by atoms with E-state index in [4.69, 9.17) is 14.9 Å². The highest BCUT2D eigenvalue weighted by Crippen LogP contribution is 2.25. The largest absolute Gasteiger partial charge is 0.481 e. The summed E-state index contributed by atoms with van der Waals surface area (Å²) in [5, 5.41) is 16.9. The number of aliphatic carboxylic acids is 1. The van der Waals surface area contributed by atoms with Crippen LogP contribution in [0.1, 0.15) is 25.3 Å². The molecular weight excluding hydrogens is 208 g/mol. The van der Waals surface area contributed by atoms with Crippen LogP contribution in [0.3, 0.4) is 0 Å².